The first-order valence-corrected chi connectivity index (χ1v) is 6.63. The maximum absolute atomic E-state index is 12.5. The first-order valence-electron chi connectivity index (χ1n) is 6.63. The third kappa shape index (κ3) is 5.26. The Hall–Kier alpha value is -1.76. The SMILES string of the molecule is CCN(Cc1ccc(C(F)(F)F)cc1)CC(C)C(N)=NO. The van der Waals surface area contributed by atoms with Crippen LogP contribution in [0.3, 0.4) is 0 Å². The average Bonchev–Trinajstić information content (AvgIpc) is 2.45. The minimum atomic E-state index is -4.32. The van der Waals surface area contributed by atoms with E-state index in [0.717, 1.165) is 17.7 Å². The van der Waals surface area contributed by atoms with Crippen LogP contribution in [0.15, 0.2) is 29.4 Å². The number of amidine groups is 1. The van der Waals surface area contributed by atoms with Crippen LogP contribution in [0.2, 0.25) is 0 Å². The van der Waals surface area contributed by atoms with E-state index in [1.165, 1.54) is 12.1 Å². The maximum Gasteiger partial charge on any atom is 0.416 e. The summed E-state index contributed by atoms with van der Waals surface area (Å²) < 4.78 is 37.5. The summed E-state index contributed by atoms with van der Waals surface area (Å²) in [6, 6.07) is 5.10. The van der Waals surface area contributed by atoms with Crippen molar-refractivity contribution in [3.63, 3.8) is 0 Å². The quantitative estimate of drug-likeness (QED) is 0.368. The van der Waals surface area contributed by atoms with Crippen LogP contribution in [0.25, 0.3) is 0 Å². The number of hydrogen-bond acceptors (Lipinski definition) is 3. The van der Waals surface area contributed by atoms with Crippen LogP contribution in [0.1, 0.15) is 25.0 Å². The van der Waals surface area contributed by atoms with Crippen LogP contribution in [-0.2, 0) is 12.7 Å². The zero-order valence-corrected chi connectivity index (χ0v) is 12.1. The summed E-state index contributed by atoms with van der Waals surface area (Å²) in [7, 11) is 0. The number of alkyl halides is 3. The summed E-state index contributed by atoms with van der Waals surface area (Å²) in [5.74, 6) is 0.00488. The van der Waals surface area contributed by atoms with Crippen molar-refractivity contribution in [2.75, 3.05) is 13.1 Å². The van der Waals surface area contributed by atoms with E-state index < -0.39 is 11.7 Å². The smallest absolute Gasteiger partial charge is 0.409 e. The van der Waals surface area contributed by atoms with E-state index in [1.54, 1.807) is 0 Å². The molecule has 0 aromatic heterocycles. The van der Waals surface area contributed by atoms with Crippen molar-refractivity contribution >= 4 is 5.84 Å². The number of halogens is 3. The largest absolute Gasteiger partial charge is 0.416 e. The van der Waals surface area contributed by atoms with E-state index >= 15 is 0 Å². The van der Waals surface area contributed by atoms with E-state index in [-0.39, 0.29) is 11.8 Å². The lowest BCUT2D eigenvalue weighted by Gasteiger charge is -2.23. The molecule has 1 rings (SSSR count). The zero-order valence-electron chi connectivity index (χ0n) is 12.1. The summed E-state index contributed by atoms with van der Waals surface area (Å²) in [5, 5.41) is 11.6. The van der Waals surface area contributed by atoms with Gasteiger partial charge in [0.2, 0.25) is 0 Å². The highest BCUT2D eigenvalue weighted by molar-refractivity contribution is 5.82. The third-order valence-electron chi connectivity index (χ3n) is 3.29. The highest BCUT2D eigenvalue weighted by Crippen LogP contribution is 2.29. The normalized spacial score (nSPS) is 14.5. The number of nitrogens with zero attached hydrogens (tertiary/aromatic N) is 2. The van der Waals surface area contributed by atoms with Crippen molar-refractivity contribution in [2.24, 2.45) is 16.8 Å². The third-order valence-corrected chi connectivity index (χ3v) is 3.29. The van der Waals surface area contributed by atoms with Gasteiger partial charge in [-0.2, -0.15) is 13.2 Å². The van der Waals surface area contributed by atoms with Crippen molar-refractivity contribution in [3.8, 4) is 0 Å². The molecule has 4 nitrogen and oxygen atoms in total. The molecule has 0 aliphatic carbocycles. The molecular formula is C14H20F3N3O. The Balaban J connectivity index is 2.69. The standard InChI is InChI=1S/C14H20F3N3O/c1-3-20(8-10(2)13(18)19-21)9-11-4-6-12(7-5-11)14(15,16)17/h4-7,10,21H,3,8-9H2,1-2H3,(H2,18,19). The summed E-state index contributed by atoms with van der Waals surface area (Å²) >= 11 is 0. The Morgan fingerprint density at radius 1 is 1.33 bits per heavy atom. The number of oxime groups is 1. The van der Waals surface area contributed by atoms with Gasteiger partial charge in [-0.15, -0.1) is 0 Å². The molecule has 1 aromatic rings. The summed E-state index contributed by atoms with van der Waals surface area (Å²) in [6.45, 7) is 5.56. The Morgan fingerprint density at radius 3 is 2.33 bits per heavy atom. The van der Waals surface area contributed by atoms with Gasteiger partial charge in [0.25, 0.3) is 0 Å². The zero-order chi connectivity index (χ0) is 16.0. The van der Waals surface area contributed by atoms with Gasteiger partial charge in [-0.3, -0.25) is 4.90 Å². The number of benzene rings is 1. The molecule has 118 valence electrons. The highest BCUT2D eigenvalue weighted by atomic mass is 19.4. The fraction of sp³-hybridized carbons (Fsp3) is 0.500. The number of nitrogens with two attached hydrogens (primary N) is 1. The molecule has 7 heteroatoms. The molecule has 0 aliphatic rings. The van der Waals surface area contributed by atoms with Gasteiger partial charge < -0.3 is 10.9 Å². The second-order valence-electron chi connectivity index (χ2n) is 4.95. The molecule has 0 radical (unpaired) electrons. The molecule has 1 atom stereocenters. The van der Waals surface area contributed by atoms with Crippen LogP contribution in [0.4, 0.5) is 13.2 Å². The summed E-state index contributed by atoms with van der Waals surface area (Å²) in [6.07, 6.45) is -4.32. The van der Waals surface area contributed by atoms with Gasteiger partial charge in [-0.05, 0) is 24.2 Å². The highest BCUT2D eigenvalue weighted by Gasteiger charge is 2.29. The molecule has 0 amide bonds. The molecule has 3 N–H and O–H groups in total. The second kappa shape index (κ2) is 7.31. The van der Waals surface area contributed by atoms with Crippen LogP contribution in [0.5, 0.6) is 0 Å². The molecule has 0 heterocycles. The Bertz CT molecular complexity index is 471. The minimum absolute atomic E-state index is 0.135. The van der Waals surface area contributed by atoms with Gasteiger partial charge in [0.1, 0.15) is 5.84 Å². The van der Waals surface area contributed by atoms with Crippen molar-refractivity contribution in [3.05, 3.63) is 35.4 Å². The Morgan fingerprint density at radius 2 is 1.90 bits per heavy atom. The molecule has 0 aliphatic heterocycles. The lowest BCUT2D eigenvalue weighted by molar-refractivity contribution is -0.137. The fourth-order valence-corrected chi connectivity index (χ4v) is 1.94. The van der Waals surface area contributed by atoms with E-state index in [2.05, 4.69) is 5.16 Å². The molecule has 21 heavy (non-hydrogen) atoms. The predicted octanol–water partition coefficient (Wildman–Crippen LogP) is 2.91. The van der Waals surface area contributed by atoms with Gasteiger partial charge >= 0.3 is 6.18 Å². The van der Waals surface area contributed by atoms with Gasteiger partial charge in [0.15, 0.2) is 0 Å². The summed E-state index contributed by atoms with van der Waals surface area (Å²) in [4.78, 5) is 2.02. The van der Waals surface area contributed by atoms with Gasteiger partial charge in [0.05, 0.1) is 5.56 Å². The molecule has 1 unspecified atom stereocenters. The second-order valence-corrected chi connectivity index (χ2v) is 4.95. The molecule has 0 saturated carbocycles. The lowest BCUT2D eigenvalue weighted by Crippen LogP contribution is -2.34. The fourth-order valence-electron chi connectivity index (χ4n) is 1.94. The lowest BCUT2D eigenvalue weighted by atomic mass is 10.1. The van der Waals surface area contributed by atoms with Crippen molar-refractivity contribution in [1.29, 1.82) is 0 Å². The van der Waals surface area contributed by atoms with Crippen molar-refractivity contribution in [2.45, 2.75) is 26.6 Å². The molecule has 0 spiro atoms. The van der Waals surface area contributed by atoms with Gasteiger partial charge in [0, 0.05) is 19.0 Å². The van der Waals surface area contributed by atoms with Crippen LogP contribution in [0, 0.1) is 5.92 Å². The molecule has 0 fully saturated rings. The molecular weight excluding hydrogens is 283 g/mol. The predicted molar refractivity (Wildman–Crippen MR) is 75.0 cm³/mol. The number of hydrogen-bond donors (Lipinski definition) is 2. The molecule has 0 bridgehead atoms. The Labute approximate surface area is 122 Å². The first kappa shape index (κ1) is 17.3. The van der Waals surface area contributed by atoms with Crippen LogP contribution < -0.4 is 5.73 Å². The first-order chi connectivity index (χ1) is 9.77. The van der Waals surface area contributed by atoms with E-state index in [4.69, 9.17) is 10.9 Å². The molecule has 0 saturated heterocycles. The van der Waals surface area contributed by atoms with E-state index in [9.17, 15) is 13.2 Å². The van der Waals surface area contributed by atoms with E-state index in [0.29, 0.717) is 19.6 Å². The number of rotatable bonds is 6. The average molecular weight is 303 g/mol. The maximum atomic E-state index is 12.5. The monoisotopic (exact) mass is 303 g/mol. The van der Waals surface area contributed by atoms with Crippen LogP contribution in [-0.4, -0.2) is 29.0 Å². The van der Waals surface area contributed by atoms with Gasteiger partial charge in [-0.1, -0.05) is 31.1 Å². The Kier molecular flexibility index (Phi) is 6.02. The summed E-state index contributed by atoms with van der Waals surface area (Å²) in [5.41, 5.74) is 5.66. The van der Waals surface area contributed by atoms with Crippen molar-refractivity contribution in [1.82, 2.24) is 4.90 Å². The van der Waals surface area contributed by atoms with E-state index in [1.807, 2.05) is 18.7 Å². The van der Waals surface area contributed by atoms with Gasteiger partial charge in [-0.25, -0.2) is 0 Å². The minimum Gasteiger partial charge on any atom is -0.409 e. The van der Waals surface area contributed by atoms with Crippen molar-refractivity contribution < 1.29 is 18.4 Å². The van der Waals surface area contributed by atoms with Crippen LogP contribution >= 0.6 is 0 Å². The topological polar surface area (TPSA) is 61.8 Å². The molecule has 1 aromatic carbocycles.